The fourth-order valence-corrected chi connectivity index (χ4v) is 9.06. The molecular weight excluding hydrogens is 813 g/mol. The Morgan fingerprint density at radius 3 is 1.55 bits per heavy atom. The molecule has 0 spiro atoms. The van der Waals surface area contributed by atoms with Crippen molar-refractivity contribution in [3.8, 4) is 0 Å². The smallest absolute Gasteiger partial charge is 0.338 e. The summed E-state index contributed by atoms with van der Waals surface area (Å²) in [5.74, 6) is -0.550. The van der Waals surface area contributed by atoms with Crippen molar-refractivity contribution in [3.63, 3.8) is 0 Å². The number of ether oxygens (including phenoxy) is 10. The van der Waals surface area contributed by atoms with Crippen LogP contribution in [0.3, 0.4) is 0 Å². The highest BCUT2D eigenvalue weighted by Crippen LogP contribution is 2.43. The van der Waals surface area contributed by atoms with Gasteiger partial charge in [0.2, 0.25) is 0 Å². The SMILES string of the molecule is CCS[C@@H]1O[C@@H]2COC(c3ccccc3)O[C@H]2[C@H](O[C@@H]2O[C@@H]3COC(c4ccccc4)O[C@H]3[C@H](OCc3ccccc3)[C@H]2OC(=O)c2ccccc2)[C@H]1OC(=O)c1ccccc1. The van der Waals surface area contributed by atoms with Crippen LogP contribution in [0.4, 0.5) is 0 Å². The van der Waals surface area contributed by atoms with Crippen molar-refractivity contribution in [2.45, 2.75) is 86.7 Å². The number of hydrogen-bond acceptors (Lipinski definition) is 13. The van der Waals surface area contributed by atoms with Crippen molar-refractivity contribution in [2.24, 2.45) is 0 Å². The second-order valence-corrected chi connectivity index (χ2v) is 16.6. The minimum Gasteiger partial charge on any atom is -0.452 e. The highest BCUT2D eigenvalue weighted by molar-refractivity contribution is 7.99. The standard InChI is InChI=1S/C49H48O12S/c1-2-62-49-43(58-45(51)33-22-12-5-13-23-33)41(39-37(56-49)30-54-47(60-39)35-26-16-7-17-27-35)61-48-42(57-44(50)32-20-10-4-11-21-32)40(52-28-31-18-8-3-9-19-31)38-36(55-48)29-53-46(59-38)34-24-14-6-15-25-34/h3-27,36-43,46-49H,2,28-30H2,1H3/t36-,37-,38-,39-,40+,41+,42-,43-,46?,47?,48+,49+/m1/s1. The third-order valence-corrected chi connectivity index (χ3v) is 12.2. The van der Waals surface area contributed by atoms with Crippen molar-refractivity contribution in [2.75, 3.05) is 19.0 Å². The first-order chi connectivity index (χ1) is 30.5. The van der Waals surface area contributed by atoms with Gasteiger partial charge in [-0.3, -0.25) is 0 Å². The Kier molecular flexibility index (Phi) is 13.7. The van der Waals surface area contributed by atoms with E-state index in [0.717, 1.165) is 16.7 Å². The zero-order valence-corrected chi connectivity index (χ0v) is 34.8. The van der Waals surface area contributed by atoms with E-state index in [2.05, 4.69) is 0 Å². The zero-order valence-electron chi connectivity index (χ0n) is 34.0. The third-order valence-electron chi connectivity index (χ3n) is 11.1. The van der Waals surface area contributed by atoms with Crippen LogP contribution in [0.25, 0.3) is 0 Å². The summed E-state index contributed by atoms with van der Waals surface area (Å²) in [5, 5.41) is 0. The lowest BCUT2D eigenvalue weighted by molar-refractivity contribution is -0.391. The molecule has 0 saturated carbocycles. The van der Waals surface area contributed by atoms with Crippen LogP contribution in [-0.4, -0.2) is 91.5 Å². The topological polar surface area (TPSA) is 126 Å². The summed E-state index contributed by atoms with van der Waals surface area (Å²) in [4.78, 5) is 28.1. The van der Waals surface area contributed by atoms with Crippen molar-refractivity contribution < 1.29 is 57.0 Å². The quantitative estimate of drug-likeness (QED) is 0.107. The summed E-state index contributed by atoms with van der Waals surface area (Å²) in [7, 11) is 0. The highest BCUT2D eigenvalue weighted by atomic mass is 32.2. The Bertz CT molecular complexity index is 2190. The van der Waals surface area contributed by atoms with E-state index in [4.69, 9.17) is 47.4 Å². The first-order valence-corrected chi connectivity index (χ1v) is 22.0. The van der Waals surface area contributed by atoms with Gasteiger partial charge in [0.05, 0.1) is 30.9 Å². The summed E-state index contributed by atoms with van der Waals surface area (Å²) >= 11 is 1.47. The fraction of sp³-hybridized carbons (Fsp3) is 0.347. The van der Waals surface area contributed by atoms with E-state index in [0.29, 0.717) is 16.9 Å². The molecule has 13 heteroatoms. The monoisotopic (exact) mass is 860 g/mol. The fourth-order valence-electron chi connectivity index (χ4n) is 8.11. The highest BCUT2D eigenvalue weighted by Gasteiger charge is 2.58. The lowest BCUT2D eigenvalue weighted by atomic mass is 9.95. The number of carbonyl (C=O) groups excluding carboxylic acids is 2. The normalized spacial score (nSPS) is 30.6. The average molecular weight is 861 g/mol. The number of carbonyl (C=O) groups is 2. The van der Waals surface area contributed by atoms with Gasteiger partial charge in [0.25, 0.3) is 0 Å². The number of fused-ring (bicyclic) bond motifs is 2. The number of esters is 2. The van der Waals surface area contributed by atoms with E-state index in [-0.39, 0.29) is 19.8 Å². The van der Waals surface area contributed by atoms with Crippen LogP contribution in [0, 0.1) is 0 Å². The van der Waals surface area contributed by atoms with Crippen molar-refractivity contribution in [1.82, 2.24) is 0 Å². The van der Waals surface area contributed by atoms with Crippen LogP contribution in [-0.2, 0) is 54.0 Å². The Morgan fingerprint density at radius 1 is 0.548 bits per heavy atom. The van der Waals surface area contributed by atoms with Crippen molar-refractivity contribution >= 4 is 23.7 Å². The molecule has 9 rings (SSSR count). The minimum absolute atomic E-state index is 0.107. The van der Waals surface area contributed by atoms with Gasteiger partial charge in [-0.15, -0.1) is 11.8 Å². The molecule has 62 heavy (non-hydrogen) atoms. The molecule has 5 aromatic rings. The van der Waals surface area contributed by atoms with Crippen LogP contribution < -0.4 is 0 Å². The molecule has 0 radical (unpaired) electrons. The van der Waals surface area contributed by atoms with Gasteiger partial charge in [-0.1, -0.05) is 134 Å². The van der Waals surface area contributed by atoms with Crippen LogP contribution >= 0.6 is 11.8 Å². The number of hydrogen-bond donors (Lipinski definition) is 0. The zero-order chi connectivity index (χ0) is 42.3. The van der Waals surface area contributed by atoms with E-state index in [1.165, 1.54) is 11.8 Å². The molecule has 4 aliphatic rings. The summed E-state index contributed by atoms with van der Waals surface area (Å²) in [6, 6.07) is 46.3. The molecule has 4 saturated heterocycles. The molecule has 0 aliphatic carbocycles. The van der Waals surface area contributed by atoms with Gasteiger partial charge in [-0.25, -0.2) is 9.59 Å². The van der Waals surface area contributed by atoms with Gasteiger partial charge in [0.15, 0.2) is 31.1 Å². The van der Waals surface area contributed by atoms with Crippen LogP contribution in [0.15, 0.2) is 152 Å². The molecule has 0 N–H and O–H groups in total. The summed E-state index contributed by atoms with van der Waals surface area (Å²) in [5.41, 5.74) is 2.48. The Hall–Kier alpha value is -4.93. The molecule has 4 aliphatic heterocycles. The molecule has 12 nitrogen and oxygen atoms in total. The number of thioether (sulfide) groups is 1. The molecule has 0 amide bonds. The summed E-state index contributed by atoms with van der Waals surface area (Å²) in [6.45, 7) is 2.43. The third kappa shape index (κ3) is 9.66. The Labute approximate surface area is 364 Å². The van der Waals surface area contributed by atoms with Crippen molar-refractivity contribution in [1.29, 1.82) is 0 Å². The van der Waals surface area contributed by atoms with Crippen LogP contribution in [0.5, 0.6) is 0 Å². The molecule has 322 valence electrons. The maximum absolute atomic E-state index is 14.2. The average Bonchev–Trinajstić information content (AvgIpc) is 3.33. The lowest BCUT2D eigenvalue weighted by Gasteiger charge is -2.52. The molecule has 0 aromatic heterocycles. The number of rotatable bonds is 13. The van der Waals surface area contributed by atoms with E-state index in [9.17, 15) is 9.59 Å². The first-order valence-electron chi connectivity index (χ1n) is 20.9. The molecule has 0 bridgehead atoms. The van der Waals surface area contributed by atoms with E-state index < -0.39 is 85.1 Å². The van der Waals surface area contributed by atoms with E-state index in [1.54, 1.807) is 48.5 Å². The van der Waals surface area contributed by atoms with Gasteiger partial charge < -0.3 is 47.4 Å². The second kappa shape index (κ2) is 20.1. The maximum atomic E-state index is 14.2. The Morgan fingerprint density at radius 2 is 1.02 bits per heavy atom. The van der Waals surface area contributed by atoms with E-state index >= 15 is 0 Å². The first kappa shape index (κ1) is 42.4. The Balaban J connectivity index is 1.11. The van der Waals surface area contributed by atoms with Gasteiger partial charge in [-0.05, 0) is 35.6 Å². The summed E-state index contributed by atoms with van der Waals surface area (Å²) in [6.07, 6.45) is -10.0. The van der Waals surface area contributed by atoms with Gasteiger partial charge in [0, 0.05) is 11.1 Å². The maximum Gasteiger partial charge on any atom is 0.338 e. The molecule has 12 atom stereocenters. The largest absolute Gasteiger partial charge is 0.452 e. The second-order valence-electron chi connectivity index (χ2n) is 15.2. The van der Waals surface area contributed by atoms with Gasteiger partial charge >= 0.3 is 11.9 Å². The number of benzene rings is 5. The molecule has 2 unspecified atom stereocenters. The molecule has 5 aromatic carbocycles. The summed E-state index contributed by atoms with van der Waals surface area (Å²) < 4.78 is 66.3. The predicted octanol–water partition coefficient (Wildman–Crippen LogP) is 7.84. The minimum atomic E-state index is -1.30. The molecular formula is C49H48O12S. The van der Waals surface area contributed by atoms with Gasteiger partial charge in [0.1, 0.15) is 42.1 Å². The molecule has 4 fully saturated rings. The van der Waals surface area contributed by atoms with Crippen LogP contribution in [0.2, 0.25) is 0 Å². The molecule has 4 heterocycles. The van der Waals surface area contributed by atoms with Crippen LogP contribution in [0.1, 0.15) is 56.9 Å². The lowest BCUT2D eigenvalue weighted by Crippen LogP contribution is -2.68. The predicted molar refractivity (Wildman–Crippen MR) is 227 cm³/mol. The van der Waals surface area contributed by atoms with E-state index in [1.807, 2.05) is 110 Å². The van der Waals surface area contributed by atoms with Gasteiger partial charge in [-0.2, -0.15) is 0 Å². The van der Waals surface area contributed by atoms with Crippen molar-refractivity contribution in [3.05, 3.63) is 179 Å².